The van der Waals surface area contributed by atoms with Crippen molar-refractivity contribution < 1.29 is 17.9 Å². The number of nitrogen functional groups attached to an aromatic ring is 1. The molecular weight excluding hydrogens is 231 g/mol. The number of anilines is 1. The minimum absolute atomic E-state index is 0.0850. The minimum Gasteiger partial charge on any atom is -0.493 e. The lowest BCUT2D eigenvalue weighted by Gasteiger charge is -2.12. The Morgan fingerprint density at radius 2 is 1.71 bits per heavy atom. The van der Waals surface area contributed by atoms with Crippen molar-refractivity contribution in [1.82, 2.24) is 0 Å². The van der Waals surface area contributed by atoms with Gasteiger partial charge in [0.15, 0.2) is 17.4 Å². The van der Waals surface area contributed by atoms with Gasteiger partial charge in [-0.25, -0.2) is 8.78 Å². The van der Waals surface area contributed by atoms with Crippen molar-refractivity contribution in [2.75, 3.05) is 12.8 Å². The number of hydrogen-bond acceptors (Lipinski definition) is 2. The Labute approximate surface area is 95.8 Å². The first-order valence-corrected chi connectivity index (χ1v) is 4.87. The molecule has 2 rings (SSSR count). The summed E-state index contributed by atoms with van der Waals surface area (Å²) in [5.41, 5.74) is 6.35. The van der Waals surface area contributed by atoms with Gasteiger partial charge in [-0.2, -0.15) is 4.39 Å². The normalized spacial score (nSPS) is 10.9. The van der Waals surface area contributed by atoms with Crippen molar-refractivity contribution in [3.05, 3.63) is 35.1 Å². The number of benzene rings is 2. The van der Waals surface area contributed by atoms with Crippen LogP contribution < -0.4 is 10.5 Å². The molecule has 90 valence electrons. The molecule has 0 spiro atoms. The molecule has 5 heteroatoms. The molecule has 2 aromatic carbocycles. The SMILES string of the molecule is COc1c(F)c(F)c(F)c2cc(N)cc(C)c12. The van der Waals surface area contributed by atoms with E-state index in [0.29, 0.717) is 5.56 Å². The third-order valence-electron chi connectivity index (χ3n) is 2.61. The van der Waals surface area contributed by atoms with Gasteiger partial charge in [-0.1, -0.05) is 0 Å². The van der Waals surface area contributed by atoms with E-state index in [0.717, 1.165) is 0 Å². The van der Waals surface area contributed by atoms with E-state index in [1.165, 1.54) is 13.2 Å². The summed E-state index contributed by atoms with van der Waals surface area (Å²) in [6, 6.07) is 2.80. The van der Waals surface area contributed by atoms with Crippen molar-refractivity contribution in [2.24, 2.45) is 0 Å². The highest BCUT2D eigenvalue weighted by Gasteiger charge is 2.22. The third-order valence-corrected chi connectivity index (χ3v) is 2.61. The van der Waals surface area contributed by atoms with Crippen LogP contribution in [0.5, 0.6) is 5.75 Å². The van der Waals surface area contributed by atoms with Crippen molar-refractivity contribution >= 4 is 16.5 Å². The maximum Gasteiger partial charge on any atom is 0.204 e. The fourth-order valence-electron chi connectivity index (χ4n) is 1.91. The summed E-state index contributed by atoms with van der Waals surface area (Å²) in [6.07, 6.45) is 0. The topological polar surface area (TPSA) is 35.2 Å². The lowest BCUT2D eigenvalue weighted by molar-refractivity contribution is 0.367. The average Bonchev–Trinajstić information content (AvgIpc) is 2.28. The summed E-state index contributed by atoms with van der Waals surface area (Å²) in [7, 11) is 1.20. The first-order valence-electron chi connectivity index (χ1n) is 4.87. The summed E-state index contributed by atoms with van der Waals surface area (Å²) < 4.78 is 45.2. The summed E-state index contributed by atoms with van der Waals surface area (Å²) in [4.78, 5) is 0. The van der Waals surface area contributed by atoms with Crippen LogP contribution >= 0.6 is 0 Å². The summed E-state index contributed by atoms with van der Waals surface area (Å²) in [5.74, 6) is -4.45. The molecule has 2 nitrogen and oxygen atoms in total. The van der Waals surface area contributed by atoms with E-state index < -0.39 is 17.5 Å². The number of methoxy groups -OCH3 is 1. The Morgan fingerprint density at radius 1 is 1.06 bits per heavy atom. The van der Waals surface area contributed by atoms with Crippen LogP contribution in [0.15, 0.2) is 12.1 Å². The van der Waals surface area contributed by atoms with Gasteiger partial charge in [0.2, 0.25) is 5.82 Å². The van der Waals surface area contributed by atoms with Crippen LogP contribution in [0.1, 0.15) is 5.56 Å². The van der Waals surface area contributed by atoms with Gasteiger partial charge in [-0.3, -0.25) is 0 Å². The molecule has 0 atom stereocenters. The molecule has 0 fully saturated rings. The molecule has 0 unspecified atom stereocenters. The van der Waals surface area contributed by atoms with Crippen LogP contribution in [0.25, 0.3) is 10.8 Å². The van der Waals surface area contributed by atoms with E-state index in [-0.39, 0.29) is 22.2 Å². The zero-order valence-electron chi connectivity index (χ0n) is 9.27. The number of fused-ring (bicyclic) bond motifs is 1. The van der Waals surface area contributed by atoms with Gasteiger partial charge in [0.05, 0.1) is 7.11 Å². The Bertz CT molecular complexity index is 611. The van der Waals surface area contributed by atoms with Crippen LogP contribution in [0.4, 0.5) is 18.9 Å². The molecule has 0 aliphatic carbocycles. The van der Waals surface area contributed by atoms with E-state index in [1.807, 2.05) is 0 Å². The molecule has 0 heterocycles. The molecule has 0 saturated carbocycles. The Kier molecular flexibility index (Phi) is 2.61. The number of aryl methyl sites for hydroxylation is 1. The molecule has 0 saturated heterocycles. The van der Waals surface area contributed by atoms with Gasteiger partial charge >= 0.3 is 0 Å². The monoisotopic (exact) mass is 241 g/mol. The van der Waals surface area contributed by atoms with Crippen LogP contribution in [0.3, 0.4) is 0 Å². The zero-order chi connectivity index (χ0) is 12.7. The molecule has 17 heavy (non-hydrogen) atoms. The quantitative estimate of drug-likeness (QED) is 0.614. The van der Waals surface area contributed by atoms with Gasteiger partial charge in [0.1, 0.15) is 0 Å². The highest BCUT2D eigenvalue weighted by Crippen LogP contribution is 2.36. The van der Waals surface area contributed by atoms with E-state index in [2.05, 4.69) is 0 Å². The molecule has 0 radical (unpaired) electrons. The number of nitrogens with two attached hydrogens (primary N) is 1. The van der Waals surface area contributed by atoms with Gasteiger partial charge in [-0.15, -0.1) is 0 Å². The predicted molar refractivity (Wildman–Crippen MR) is 59.5 cm³/mol. The van der Waals surface area contributed by atoms with Gasteiger partial charge < -0.3 is 10.5 Å². The van der Waals surface area contributed by atoms with E-state index in [1.54, 1.807) is 13.0 Å². The standard InChI is InChI=1S/C12H10F3NO/c1-5-3-6(16)4-7-8(5)12(17-2)11(15)10(14)9(7)13/h3-4H,16H2,1-2H3. The van der Waals surface area contributed by atoms with E-state index >= 15 is 0 Å². The van der Waals surface area contributed by atoms with Crippen molar-refractivity contribution in [3.63, 3.8) is 0 Å². The van der Waals surface area contributed by atoms with Gasteiger partial charge in [0, 0.05) is 16.5 Å². The second-order valence-electron chi connectivity index (χ2n) is 3.74. The molecule has 0 aliphatic rings. The lowest BCUT2D eigenvalue weighted by atomic mass is 10.0. The fraction of sp³-hybridized carbons (Fsp3) is 0.167. The maximum absolute atomic E-state index is 13.6. The van der Waals surface area contributed by atoms with Crippen LogP contribution in [0.2, 0.25) is 0 Å². The highest BCUT2D eigenvalue weighted by molar-refractivity contribution is 5.94. The van der Waals surface area contributed by atoms with E-state index in [4.69, 9.17) is 10.5 Å². The minimum atomic E-state index is -1.56. The lowest BCUT2D eigenvalue weighted by Crippen LogP contribution is -2.00. The van der Waals surface area contributed by atoms with Crippen molar-refractivity contribution in [1.29, 1.82) is 0 Å². The summed E-state index contributed by atoms with van der Waals surface area (Å²) in [6.45, 7) is 1.62. The molecule has 0 aromatic heterocycles. The first kappa shape index (κ1) is 11.6. The molecule has 0 aliphatic heterocycles. The molecule has 2 aromatic rings. The number of hydrogen-bond donors (Lipinski definition) is 1. The first-order chi connectivity index (χ1) is 7.97. The van der Waals surface area contributed by atoms with Crippen LogP contribution in [-0.4, -0.2) is 7.11 Å². The second-order valence-corrected chi connectivity index (χ2v) is 3.74. The average molecular weight is 241 g/mol. The van der Waals surface area contributed by atoms with Crippen LogP contribution in [-0.2, 0) is 0 Å². The second kappa shape index (κ2) is 3.84. The van der Waals surface area contributed by atoms with Crippen molar-refractivity contribution in [3.8, 4) is 5.75 Å². The van der Waals surface area contributed by atoms with Gasteiger partial charge in [-0.05, 0) is 24.6 Å². The summed E-state index contributed by atoms with van der Waals surface area (Å²) in [5, 5.41) is 0.108. The van der Waals surface area contributed by atoms with E-state index in [9.17, 15) is 13.2 Å². The molecular formula is C12H10F3NO. The van der Waals surface area contributed by atoms with Gasteiger partial charge in [0.25, 0.3) is 0 Å². The Hall–Kier alpha value is -1.91. The number of rotatable bonds is 1. The predicted octanol–water partition coefficient (Wildman–Crippen LogP) is 3.16. The summed E-state index contributed by atoms with van der Waals surface area (Å²) >= 11 is 0. The zero-order valence-corrected chi connectivity index (χ0v) is 9.27. The Balaban J connectivity index is 3.06. The molecule has 0 amide bonds. The molecule has 0 bridgehead atoms. The fourth-order valence-corrected chi connectivity index (χ4v) is 1.91. The largest absolute Gasteiger partial charge is 0.493 e. The molecule has 2 N–H and O–H groups in total. The number of halogens is 3. The highest BCUT2D eigenvalue weighted by atomic mass is 19.2. The number of ether oxygens (including phenoxy) is 1. The van der Waals surface area contributed by atoms with Crippen molar-refractivity contribution in [2.45, 2.75) is 6.92 Å². The smallest absolute Gasteiger partial charge is 0.204 e. The third kappa shape index (κ3) is 1.58. The Morgan fingerprint density at radius 3 is 2.29 bits per heavy atom. The maximum atomic E-state index is 13.6. The van der Waals surface area contributed by atoms with Crippen LogP contribution in [0, 0.1) is 24.4 Å².